The Balaban J connectivity index is 2.16. The highest BCUT2D eigenvalue weighted by molar-refractivity contribution is 5.87. The summed E-state index contributed by atoms with van der Waals surface area (Å²) in [5.41, 5.74) is 3.55. The van der Waals surface area contributed by atoms with Crippen LogP contribution < -0.4 is 0 Å². The average Bonchev–Trinajstić information content (AvgIpc) is 2.75. The molecule has 2 heteroatoms. The van der Waals surface area contributed by atoms with E-state index in [9.17, 15) is 0 Å². The molecule has 0 spiro atoms. The van der Waals surface area contributed by atoms with Gasteiger partial charge in [0.15, 0.2) is 0 Å². The molecule has 0 bridgehead atoms. The normalized spacial score (nSPS) is 10.9. The van der Waals surface area contributed by atoms with Crippen molar-refractivity contribution in [2.24, 2.45) is 0 Å². The fourth-order valence-corrected chi connectivity index (χ4v) is 2.10. The van der Waals surface area contributed by atoms with Crippen molar-refractivity contribution < 1.29 is 0 Å². The smallest absolute Gasteiger partial charge is 0.103 e. The van der Waals surface area contributed by atoms with Crippen molar-refractivity contribution in [1.29, 1.82) is 0 Å². The highest BCUT2D eigenvalue weighted by atomic mass is 14.9. The van der Waals surface area contributed by atoms with Gasteiger partial charge in [0.1, 0.15) is 5.82 Å². The number of rotatable bonds is 1. The van der Waals surface area contributed by atoms with Crippen LogP contribution in [0.15, 0.2) is 42.6 Å². The maximum Gasteiger partial charge on any atom is 0.103 e. The van der Waals surface area contributed by atoms with E-state index in [1.807, 2.05) is 13.1 Å². The monoisotopic (exact) mass is 222 g/mol. The molecule has 0 aliphatic carbocycles. The summed E-state index contributed by atoms with van der Waals surface area (Å²) < 4.78 is 0. The van der Waals surface area contributed by atoms with Gasteiger partial charge in [0.25, 0.3) is 0 Å². The Morgan fingerprint density at radius 2 is 1.71 bits per heavy atom. The Labute approximate surface area is 100 Å². The first-order valence-corrected chi connectivity index (χ1v) is 5.75. The van der Waals surface area contributed by atoms with Crippen LogP contribution in [0.2, 0.25) is 0 Å². The minimum absolute atomic E-state index is 0.948. The number of nitrogens with one attached hydrogen (secondary N) is 1. The minimum atomic E-state index is 0.948. The summed E-state index contributed by atoms with van der Waals surface area (Å²) in [4.78, 5) is 7.49. The zero-order valence-corrected chi connectivity index (χ0v) is 9.99. The topological polar surface area (TPSA) is 28.7 Å². The lowest BCUT2D eigenvalue weighted by atomic mass is 10.0. The molecule has 0 aliphatic heterocycles. The van der Waals surface area contributed by atoms with Crippen LogP contribution in [0.5, 0.6) is 0 Å². The van der Waals surface area contributed by atoms with Crippen molar-refractivity contribution in [3.63, 3.8) is 0 Å². The van der Waals surface area contributed by atoms with Crippen LogP contribution in [-0.4, -0.2) is 9.97 Å². The predicted octanol–water partition coefficient (Wildman–Crippen LogP) is 3.85. The van der Waals surface area contributed by atoms with Crippen molar-refractivity contribution in [2.45, 2.75) is 13.8 Å². The molecule has 1 N–H and O–H groups in total. The maximum atomic E-state index is 4.23. The molecule has 0 aliphatic rings. The van der Waals surface area contributed by atoms with E-state index in [0.29, 0.717) is 0 Å². The molecule has 0 atom stereocenters. The zero-order chi connectivity index (χ0) is 11.8. The van der Waals surface area contributed by atoms with Crippen LogP contribution in [0, 0.1) is 13.8 Å². The van der Waals surface area contributed by atoms with E-state index in [1.165, 1.54) is 21.9 Å². The molecule has 3 rings (SSSR count). The van der Waals surface area contributed by atoms with E-state index in [4.69, 9.17) is 0 Å². The lowest BCUT2D eigenvalue weighted by Gasteiger charge is -2.02. The van der Waals surface area contributed by atoms with E-state index in [0.717, 1.165) is 11.5 Å². The molecule has 1 aromatic heterocycles. The molecule has 17 heavy (non-hydrogen) atoms. The highest BCUT2D eigenvalue weighted by Gasteiger charge is 2.02. The first-order valence-electron chi connectivity index (χ1n) is 5.75. The van der Waals surface area contributed by atoms with Crippen LogP contribution in [-0.2, 0) is 0 Å². The summed E-state index contributed by atoms with van der Waals surface area (Å²) in [5, 5.41) is 2.55. The molecule has 0 amide bonds. The lowest BCUT2D eigenvalue weighted by Crippen LogP contribution is -1.80. The number of benzene rings is 2. The van der Waals surface area contributed by atoms with Crippen LogP contribution in [0.25, 0.3) is 22.0 Å². The quantitative estimate of drug-likeness (QED) is 0.665. The van der Waals surface area contributed by atoms with Crippen LogP contribution >= 0.6 is 0 Å². The van der Waals surface area contributed by atoms with Crippen molar-refractivity contribution in [1.82, 2.24) is 9.97 Å². The second-order valence-corrected chi connectivity index (χ2v) is 4.45. The van der Waals surface area contributed by atoms with Crippen LogP contribution in [0.1, 0.15) is 11.4 Å². The Hall–Kier alpha value is -2.09. The van der Waals surface area contributed by atoms with Gasteiger partial charge in [0.2, 0.25) is 0 Å². The Bertz CT molecular complexity index is 680. The summed E-state index contributed by atoms with van der Waals surface area (Å²) in [5.74, 6) is 0.948. The third-order valence-electron chi connectivity index (χ3n) is 3.01. The number of hydrogen-bond donors (Lipinski definition) is 1. The second-order valence-electron chi connectivity index (χ2n) is 4.45. The molecule has 3 aromatic rings. The Kier molecular flexibility index (Phi) is 2.22. The minimum Gasteiger partial charge on any atom is -0.342 e. The molecule has 84 valence electrons. The van der Waals surface area contributed by atoms with Crippen LogP contribution in [0.4, 0.5) is 0 Å². The van der Waals surface area contributed by atoms with Gasteiger partial charge in [-0.3, -0.25) is 0 Å². The maximum absolute atomic E-state index is 4.23. The van der Waals surface area contributed by atoms with E-state index >= 15 is 0 Å². The molecule has 0 saturated heterocycles. The number of fused-ring (bicyclic) bond motifs is 1. The second kappa shape index (κ2) is 3.74. The molecule has 1 heterocycles. The van der Waals surface area contributed by atoms with Gasteiger partial charge in [-0.2, -0.15) is 0 Å². The molecule has 0 saturated carbocycles. The summed E-state index contributed by atoms with van der Waals surface area (Å²) in [6.45, 7) is 4.08. The number of aromatic nitrogens is 2. The van der Waals surface area contributed by atoms with E-state index < -0.39 is 0 Å². The van der Waals surface area contributed by atoms with E-state index in [1.54, 1.807) is 0 Å². The number of H-pyrrole nitrogens is 1. The molecular formula is C15H14N2. The van der Waals surface area contributed by atoms with Gasteiger partial charge in [-0.25, -0.2) is 4.98 Å². The fourth-order valence-electron chi connectivity index (χ4n) is 2.10. The highest BCUT2D eigenvalue weighted by Crippen LogP contribution is 2.23. The molecule has 0 unspecified atom stereocenters. The number of aryl methyl sites for hydroxylation is 2. The first kappa shape index (κ1) is 10.1. The average molecular weight is 222 g/mol. The summed E-state index contributed by atoms with van der Waals surface area (Å²) in [6, 6.07) is 13.0. The van der Waals surface area contributed by atoms with Crippen molar-refractivity contribution in [3.05, 3.63) is 54.0 Å². The van der Waals surface area contributed by atoms with Gasteiger partial charge in [-0.15, -0.1) is 0 Å². The summed E-state index contributed by atoms with van der Waals surface area (Å²) in [7, 11) is 0. The van der Waals surface area contributed by atoms with Gasteiger partial charge >= 0.3 is 0 Å². The molecule has 0 fully saturated rings. The van der Waals surface area contributed by atoms with Gasteiger partial charge in [0, 0.05) is 5.56 Å². The molecule has 0 radical (unpaired) electrons. The van der Waals surface area contributed by atoms with Crippen molar-refractivity contribution in [3.8, 4) is 11.3 Å². The fraction of sp³-hybridized carbons (Fsp3) is 0.133. The van der Waals surface area contributed by atoms with Gasteiger partial charge < -0.3 is 4.98 Å². The lowest BCUT2D eigenvalue weighted by molar-refractivity contribution is 1.15. The number of nitrogens with zero attached hydrogens (tertiary/aromatic N) is 1. The first-order chi connectivity index (χ1) is 8.22. The number of aromatic amines is 1. The summed E-state index contributed by atoms with van der Waals surface area (Å²) in [6.07, 6.45) is 1.88. The Morgan fingerprint density at radius 1 is 0.941 bits per heavy atom. The Morgan fingerprint density at radius 3 is 2.47 bits per heavy atom. The third kappa shape index (κ3) is 1.82. The summed E-state index contributed by atoms with van der Waals surface area (Å²) >= 11 is 0. The van der Waals surface area contributed by atoms with Gasteiger partial charge in [-0.1, -0.05) is 35.9 Å². The third-order valence-corrected chi connectivity index (χ3v) is 3.01. The molecule has 2 nitrogen and oxygen atoms in total. The number of imidazole rings is 1. The molecular weight excluding hydrogens is 208 g/mol. The predicted molar refractivity (Wildman–Crippen MR) is 71.0 cm³/mol. The van der Waals surface area contributed by atoms with Crippen molar-refractivity contribution in [2.75, 3.05) is 0 Å². The van der Waals surface area contributed by atoms with E-state index in [-0.39, 0.29) is 0 Å². The van der Waals surface area contributed by atoms with Gasteiger partial charge in [-0.05, 0) is 30.7 Å². The SMILES string of the molecule is Cc1ccc2cc(-c3cnc(C)[nH]3)ccc2c1. The zero-order valence-electron chi connectivity index (χ0n) is 9.99. The standard InChI is InChI=1S/C15H14N2/c1-10-3-4-13-8-14(6-5-12(13)7-10)15-9-16-11(2)17-15/h3-9H,1-2H3,(H,16,17). The van der Waals surface area contributed by atoms with Crippen LogP contribution in [0.3, 0.4) is 0 Å². The van der Waals surface area contributed by atoms with E-state index in [2.05, 4.69) is 53.3 Å². The number of hydrogen-bond acceptors (Lipinski definition) is 1. The molecule has 2 aromatic carbocycles. The van der Waals surface area contributed by atoms with Crippen molar-refractivity contribution >= 4 is 10.8 Å². The van der Waals surface area contributed by atoms with Gasteiger partial charge in [0.05, 0.1) is 11.9 Å². The largest absolute Gasteiger partial charge is 0.342 e.